The number of nitrogens with zero attached hydrogens (tertiary/aromatic N) is 1. The number of hydrogen-bond donors (Lipinski definition) is 1. The number of sulfonamides is 2. The Morgan fingerprint density at radius 1 is 1.03 bits per heavy atom. The summed E-state index contributed by atoms with van der Waals surface area (Å²) >= 11 is 0. The van der Waals surface area contributed by atoms with Crippen LogP contribution < -0.4 is 9.46 Å². The van der Waals surface area contributed by atoms with Crippen molar-refractivity contribution in [3.8, 4) is 5.75 Å². The number of carbonyl (C=O) groups excluding carboxylic acids is 1. The first kappa shape index (κ1) is 24.0. The molecule has 1 saturated heterocycles. The van der Waals surface area contributed by atoms with Gasteiger partial charge in [-0.1, -0.05) is 12.1 Å². The lowest BCUT2D eigenvalue weighted by atomic mass is 10.1. The predicted molar refractivity (Wildman–Crippen MR) is 117 cm³/mol. The maximum absolute atomic E-state index is 12.9. The zero-order chi connectivity index (χ0) is 23.4. The number of esters is 1. The summed E-state index contributed by atoms with van der Waals surface area (Å²) < 4.78 is 70.0. The average molecular weight is 485 g/mol. The summed E-state index contributed by atoms with van der Waals surface area (Å²) in [5.41, 5.74) is 0.735. The molecule has 1 aliphatic rings. The third kappa shape index (κ3) is 5.57. The number of anilines is 1. The van der Waals surface area contributed by atoms with E-state index < -0.39 is 31.8 Å². The minimum absolute atomic E-state index is 0.00742. The molecule has 2 aromatic carbocycles. The van der Waals surface area contributed by atoms with Crippen LogP contribution in [0.3, 0.4) is 0 Å². The summed E-state index contributed by atoms with van der Waals surface area (Å²) in [7, 11) is -5.13. The topological polar surface area (TPSA) is 128 Å². The van der Waals surface area contributed by atoms with Crippen LogP contribution in [0.15, 0.2) is 47.4 Å². The molecule has 0 amide bonds. The number of carbonyl (C=O) groups is 1. The summed E-state index contributed by atoms with van der Waals surface area (Å²) in [6.07, 6.45) is 0. The standard InChI is InChI=1S/C20H24N2O8S2/c1-28-19-8-7-17(32(26,27)22-9-11-30-12-10-22)13-18(19)21-31(24,25)14-15-3-5-16(6-4-15)20(23)29-2/h3-8,13,21H,9-12,14H2,1-2H3. The van der Waals surface area contributed by atoms with E-state index in [-0.39, 0.29) is 29.4 Å². The lowest BCUT2D eigenvalue weighted by molar-refractivity contribution is 0.0600. The number of methoxy groups -OCH3 is 2. The molecule has 3 rings (SSSR count). The number of benzene rings is 2. The van der Waals surface area contributed by atoms with Crippen molar-refractivity contribution in [1.29, 1.82) is 0 Å². The largest absolute Gasteiger partial charge is 0.495 e. The van der Waals surface area contributed by atoms with E-state index in [4.69, 9.17) is 9.47 Å². The van der Waals surface area contributed by atoms with Gasteiger partial charge in [0.05, 0.1) is 49.3 Å². The summed E-state index contributed by atoms with van der Waals surface area (Å²) in [4.78, 5) is 11.5. The Morgan fingerprint density at radius 3 is 2.28 bits per heavy atom. The molecule has 0 aromatic heterocycles. The van der Waals surface area contributed by atoms with Gasteiger partial charge in [-0.25, -0.2) is 21.6 Å². The van der Waals surface area contributed by atoms with Gasteiger partial charge in [0.25, 0.3) is 0 Å². The number of ether oxygens (including phenoxy) is 3. The summed E-state index contributed by atoms with van der Waals surface area (Å²) in [6, 6.07) is 9.94. The summed E-state index contributed by atoms with van der Waals surface area (Å²) in [6.45, 7) is 1.03. The van der Waals surface area contributed by atoms with Crippen molar-refractivity contribution in [3.05, 3.63) is 53.6 Å². The van der Waals surface area contributed by atoms with E-state index in [1.54, 1.807) is 0 Å². The molecule has 0 bridgehead atoms. The minimum Gasteiger partial charge on any atom is -0.495 e. The molecule has 0 saturated carbocycles. The smallest absolute Gasteiger partial charge is 0.337 e. The van der Waals surface area contributed by atoms with Crippen LogP contribution in [0, 0.1) is 0 Å². The van der Waals surface area contributed by atoms with Gasteiger partial charge in [-0.2, -0.15) is 4.31 Å². The first-order chi connectivity index (χ1) is 15.2. The summed E-state index contributed by atoms with van der Waals surface area (Å²) in [5, 5.41) is 0. The van der Waals surface area contributed by atoms with Gasteiger partial charge in [0.1, 0.15) is 5.75 Å². The van der Waals surface area contributed by atoms with Gasteiger partial charge >= 0.3 is 5.97 Å². The zero-order valence-corrected chi connectivity index (χ0v) is 19.2. The Morgan fingerprint density at radius 2 is 1.69 bits per heavy atom. The third-order valence-electron chi connectivity index (χ3n) is 4.78. The molecular formula is C20H24N2O8S2. The molecule has 0 radical (unpaired) electrons. The predicted octanol–water partition coefficient (Wildman–Crippen LogP) is 1.44. The van der Waals surface area contributed by atoms with Crippen molar-refractivity contribution in [2.75, 3.05) is 45.2 Å². The molecule has 1 N–H and O–H groups in total. The molecule has 0 atom stereocenters. The van der Waals surface area contributed by atoms with Gasteiger partial charge in [0, 0.05) is 13.1 Å². The molecule has 174 valence electrons. The molecule has 0 unspecified atom stereocenters. The quantitative estimate of drug-likeness (QED) is 0.558. The first-order valence-corrected chi connectivity index (χ1v) is 12.7. The fourth-order valence-corrected chi connectivity index (χ4v) is 5.77. The third-order valence-corrected chi connectivity index (χ3v) is 7.91. The van der Waals surface area contributed by atoms with Crippen LogP contribution >= 0.6 is 0 Å². The van der Waals surface area contributed by atoms with E-state index in [2.05, 4.69) is 9.46 Å². The normalized spacial score (nSPS) is 15.2. The van der Waals surface area contributed by atoms with Crippen LogP contribution in [0.2, 0.25) is 0 Å². The lowest BCUT2D eigenvalue weighted by Gasteiger charge is -2.26. The molecule has 0 aliphatic carbocycles. The van der Waals surface area contributed by atoms with Crippen molar-refractivity contribution in [2.45, 2.75) is 10.6 Å². The molecule has 1 heterocycles. The fraction of sp³-hybridized carbons (Fsp3) is 0.350. The summed E-state index contributed by atoms with van der Waals surface area (Å²) in [5.74, 6) is -0.742. The van der Waals surface area contributed by atoms with Crippen molar-refractivity contribution >= 4 is 31.7 Å². The highest BCUT2D eigenvalue weighted by Crippen LogP contribution is 2.30. The zero-order valence-electron chi connectivity index (χ0n) is 17.6. The lowest BCUT2D eigenvalue weighted by Crippen LogP contribution is -2.40. The monoisotopic (exact) mass is 484 g/mol. The second-order valence-electron chi connectivity index (χ2n) is 6.93. The molecule has 1 fully saturated rings. The van der Waals surface area contributed by atoms with Gasteiger partial charge in [0.2, 0.25) is 20.0 Å². The number of hydrogen-bond acceptors (Lipinski definition) is 8. The Hall–Kier alpha value is -2.67. The molecule has 1 aliphatic heterocycles. The van der Waals surface area contributed by atoms with E-state index in [1.165, 1.54) is 61.0 Å². The van der Waals surface area contributed by atoms with Gasteiger partial charge in [-0.05, 0) is 35.9 Å². The van der Waals surface area contributed by atoms with Gasteiger partial charge in [-0.3, -0.25) is 4.72 Å². The van der Waals surface area contributed by atoms with E-state index in [9.17, 15) is 21.6 Å². The molecule has 10 nitrogen and oxygen atoms in total. The molecular weight excluding hydrogens is 460 g/mol. The van der Waals surface area contributed by atoms with Crippen molar-refractivity contribution in [1.82, 2.24) is 4.31 Å². The van der Waals surface area contributed by atoms with Gasteiger partial charge in [-0.15, -0.1) is 0 Å². The van der Waals surface area contributed by atoms with Crippen LogP contribution in [0.4, 0.5) is 5.69 Å². The highest BCUT2D eigenvalue weighted by Gasteiger charge is 2.27. The Labute approximate surface area is 187 Å². The van der Waals surface area contributed by atoms with Crippen LogP contribution in [0.5, 0.6) is 5.75 Å². The Kier molecular flexibility index (Phi) is 7.39. The van der Waals surface area contributed by atoms with Gasteiger partial charge < -0.3 is 14.2 Å². The van der Waals surface area contributed by atoms with Crippen molar-refractivity contribution in [2.24, 2.45) is 0 Å². The maximum Gasteiger partial charge on any atom is 0.337 e. The Balaban J connectivity index is 1.83. The average Bonchev–Trinajstić information content (AvgIpc) is 2.79. The second-order valence-corrected chi connectivity index (χ2v) is 10.6. The highest BCUT2D eigenvalue weighted by molar-refractivity contribution is 7.92. The van der Waals surface area contributed by atoms with Crippen molar-refractivity contribution in [3.63, 3.8) is 0 Å². The number of morpholine rings is 1. The SMILES string of the molecule is COC(=O)c1ccc(CS(=O)(=O)Nc2cc(S(=O)(=O)N3CCOCC3)ccc2OC)cc1. The number of rotatable bonds is 8. The van der Waals surface area contributed by atoms with E-state index in [0.717, 1.165) is 0 Å². The Bertz CT molecular complexity index is 1170. The van der Waals surface area contributed by atoms with Crippen LogP contribution in [-0.2, 0) is 35.3 Å². The number of nitrogens with one attached hydrogen (secondary N) is 1. The molecule has 2 aromatic rings. The first-order valence-electron chi connectivity index (χ1n) is 9.60. The van der Waals surface area contributed by atoms with Gasteiger partial charge in [0.15, 0.2) is 0 Å². The van der Waals surface area contributed by atoms with E-state index in [1.807, 2.05) is 0 Å². The van der Waals surface area contributed by atoms with Crippen LogP contribution in [-0.4, -0.2) is 67.6 Å². The minimum atomic E-state index is -3.92. The maximum atomic E-state index is 12.9. The van der Waals surface area contributed by atoms with Crippen LogP contribution in [0.25, 0.3) is 0 Å². The van der Waals surface area contributed by atoms with E-state index in [0.29, 0.717) is 24.3 Å². The van der Waals surface area contributed by atoms with Crippen LogP contribution in [0.1, 0.15) is 15.9 Å². The highest BCUT2D eigenvalue weighted by atomic mass is 32.2. The second kappa shape index (κ2) is 9.86. The molecule has 32 heavy (non-hydrogen) atoms. The fourth-order valence-electron chi connectivity index (χ4n) is 3.14. The molecule has 12 heteroatoms. The van der Waals surface area contributed by atoms with Crippen molar-refractivity contribution < 1.29 is 35.8 Å². The molecule has 0 spiro atoms. The van der Waals surface area contributed by atoms with E-state index >= 15 is 0 Å².